The second-order valence-corrected chi connectivity index (χ2v) is 9.42. The Labute approximate surface area is 210 Å². The van der Waals surface area contributed by atoms with Gasteiger partial charge in [-0.25, -0.2) is 18.7 Å². The van der Waals surface area contributed by atoms with Gasteiger partial charge in [-0.05, 0) is 47.5 Å². The van der Waals surface area contributed by atoms with E-state index < -0.39 is 11.6 Å². The van der Waals surface area contributed by atoms with Crippen molar-refractivity contribution < 1.29 is 8.78 Å². The Morgan fingerprint density at radius 2 is 1.92 bits per heavy atom. The zero-order valence-electron chi connectivity index (χ0n) is 19.4. The van der Waals surface area contributed by atoms with Gasteiger partial charge in [-0.1, -0.05) is 18.7 Å². The molecule has 4 N–H and O–H groups in total. The SMILES string of the molecule is C=C(NCc1ccc(F)c(F)c1)c1cn(C)nc1NCc1ccc(-c2ccc3ncnc(N)c3c2)s1. The largest absolute Gasteiger partial charge is 0.383 e. The van der Waals surface area contributed by atoms with E-state index in [0.717, 1.165) is 37.9 Å². The van der Waals surface area contributed by atoms with Crippen LogP contribution in [0, 0.1) is 11.6 Å². The summed E-state index contributed by atoms with van der Waals surface area (Å²) in [5.41, 5.74) is 9.91. The van der Waals surface area contributed by atoms with Crippen molar-refractivity contribution in [3.05, 3.63) is 95.3 Å². The van der Waals surface area contributed by atoms with Gasteiger partial charge in [0.25, 0.3) is 0 Å². The van der Waals surface area contributed by atoms with Crippen LogP contribution in [0.1, 0.15) is 16.0 Å². The van der Waals surface area contributed by atoms with Crippen molar-refractivity contribution >= 4 is 39.6 Å². The van der Waals surface area contributed by atoms with E-state index in [1.807, 2.05) is 31.4 Å². The van der Waals surface area contributed by atoms with Crippen molar-refractivity contribution in [1.29, 1.82) is 0 Å². The molecule has 3 heterocycles. The Morgan fingerprint density at radius 3 is 2.75 bits per heavy atom. The monoisotopic (exact) mass is 503 g/mol. The first-order valence-corrected chi connectivity index (χ1v) is 11.9. The lowest BCUT2D eigenvalue weighted by molar-refractivity contribution is 0.507. The molecular formula is C26H23F2N7S. The summed E-state index contributed by atoms with van der Waals surface area (Å²) in [6.07, 6.45) is 3.31. The van der Waals surface area contributed by atoms with Crippen LogP contribution in [-0.2, 0) is 20.1 Å². The van der Waals surface area contributed by atoms with Gasteiger partial charge < -0.3 is 16.4 Å². The number of fused-ring (bicyclic) bond motifs is 1. The highest BCUT2D eigenvalue weighted by atomic mass is 32.1. The van der Waals surface area contributed by atoms with Crippen LogP contribution in [-0.4, -0.2) is 19.7 Å². The summed E-state index contributed by atoms with van der Waals surface area (Å²) in [4.78, 5) is 10.6. The molecule has 0 saturated heterocycles. The van der Waals surface area contributed by atoms with Crippen molar-refractivity contribution in [1.82, 2.24) is 25.1 Å². The molecule has 182 valence electrons. The summed E-state index contributed by atoms with van der Waals surface area (Å²) in [5.74, 6) is -0.612. The molecule has 0 radical (unpaired) electrons. The quantitative estimate of drug-likeness (QED) is 0.265. The predicted octanol–water partition coefficient (Wildman–Crippen LogP) is 5.32. The normalized spacial score (nSPS) is 11.1. The predicted molar refractivity (Wildman–Crippen MR) is 140 cm³/mol. The standard InChI is InChI=1S/C26H23F2N7S/c1-15(30-11-16-3-6-21(27)22(28)9-16)20-13-35(2)34-26(20)31-12-18-5-8-24(36-18)17-4-7-23-19(10-17)25(29)33-14-32-23/h3-10,13-14,30H,1,11-12H2,2H3,(H,31,34)(H2,29,32,33). The smallest absolute Gasteiger partial charge is 0.159 e. The molecule has 0 spiro atoms. The van der Waals surface area contributed by atoms with Crippen molar-refractivity contribution in [2.45, 2.75) is 13.1 Å². The Balaban J connectivity index is 1.26. The van der Waals surface area contributed by atoms with Gasteiger partial charge in [-0.15, -0.1) is 11.3 Å². The van der Waals surface area contributed by atoms with Gasteiger partial charge in [-0.2, -0.15) is 5.10 Å². The van der Waals surface area contributed by atoms with Crippen molar-refractivity contribution in [2.75, 3.05) is 11.1 Å². The Morgan fingerprint density at radius 1 is 1.06 bits per heavy atom. The zero-order chi connectivity index (χ0) is 25.2. The summed E-state index contributed by atoms with van der Waals surface area (Å²) in [5, 5.41) is 11.9. The Kier molecular flexibility index (Phi) is 6.34. The average molecular weight is 504 g/mol. The molecule has 0 unspecified atom stereocenters. The molecule has 0 saturated carbocycles. The van der Waals surface area contributed by atoms with Crippen molar-refractivity contribution in [3.8, 4) is 10.4 Å². The summed E-state index contributed by atoms with van der Waals surface area (Å²) in [7, 11) is 1.83. The maximum absolute atomic E-state index is 13.5. The zero-order valence-corrected chi connectivity index (χ0v) is 20.2. The first-order chi connectivity index (χ1) is 17.4. The lowest BCUT2D eigenvalue weighted by atomic mass is 10.1. The fourth-order valence-corrected chi connectivity index (χ4v) is 4.77. The number of benzene rings is 2. The lowest BCUT2D eigenvalue weighted by Crippen LogP contribution is -2.12. The molecule has 5 rings (SSSR count). The molecule has 5 aromatic rings. The van der Waals surface area contributed by atoms with E-state index in [4.69, 9.17) is 5.73 Å². The fraction of sp³-hybridized carbons (Fsp3) is 0.115. The number of hydrogen-bond acceptors (Lipinski definition) is 7. The van der Waals surface area contributed by atoms with E-state index in [1.165, 1.54) is 18.5 Å². The molecule has 3 aromatic heterocycles. The highest BCUT2D eigenvalue weighted by Gasteiger charge is 2.13. The number of aromatic nitrogens is 4. The number of nitrogens with two attached hydrogens (primary N) is 1. The molecule has 7 nitrogen and oxygen atoms in total. The molecule has 0 atom stereocenters. The fourth-order valence-electron chi connectivity index (χ4n) is 3.82. The summed E-state index contributed by atoms with van der Waals surface area (Å²) >= 11 is 1.67. The van der Waals surface area contributed by atoms with Crippen LogP contribution in [0.5, 0.6) is 0 Å². The molecule has 0 amide bonds. The van der Waals surface area contributed by atoms with Crippen LogP contribution >= 0.6 is 11.3 Å². The van der Waals surface area contributed by atoms with Gasteiger partial charge in [0, 0.05) is 40.6 Å². The van der Waals surface area contributed by atoms with Crippen LogP contribution in [0.15, 0.2) is 67.6 Å². The minimum Gasteiger partial charge on any atom is -0.383 e. The summed E-state index contributed by atoms with van der Waals surface area (Å²) in [6.45, 7) is 4.97. The van der Waals surface area contributed by atoms with Crippen LogP contribution < -0.4 is 16.4 Å². The average Bonchev–Trinajstić information content (AvgIpc) is 3.50. The second-order valence-electron chi connectivity index (χ2n) is 8.26. The first kappa shape index (κ1) is 23.4. The van der Waals surface area contributed by atoms with Gasteiger partial charge >= 0.3 is 0 Å². The van der Waals surface area contributed by atoms with Gasteiger partial charge in [0.05, 0.1) is 17.6 Å². The molecule has 0 fully saturated rings. The van der Waals surface area contributed by atoms with Crippen LogP contribution in [0.25, 0.3) is 27.0 Å². The third-order valence-electron chi connectivity index (χ3n) is 5.69. The van der Waals surface area contributed by atoms with Crippen LogP contribution in [0.4, 0.5) is 20.4 Å². The molecule has 0 aliphatic carbocycles. The van der Waals surface area contributed by atoms with E-state index in [9.17, 15) is 8.78 Å². The van der Waals surface area contributed by atoms with Gasteiger partial charge in [0.1, 0.15) is 12.1 Å². The minimum absolute atomic E-state index is 0.306. The maximum atomic E-state index is 13.5. The molecule has 10 heteroatoms. The van der Waals surface area contributed by atoms with Crippen molar-refractivity contribution in [3.63, 3.8) is 0 Å². The van der Waals surface area contributed by atoms with Gasteiger partial charge in [0.15, 0.2) is 17.5 Å². The van der Waals surface area contributed by atoms with E-state index >= 15 is 0 Å². The number of nitrogens with zero attached hydrogens (tertiary/aromatic N) is 4. The highest BCUT2D eigenvalue weighted by Crippen LogP contribution is 2.32. The summed E-state index contributed by atoms with van der Waals surface area (Å²) in [6, 6.07) is 13.9. The lowest BCUT2D eigenvalue weighted by Gasteiger charge is -2.11. The molecule has 2 aromatic carbocycles. The molecule has 0 aliphatic rings. The highest BCUT2D eigenvalue weighted by molar-refractivity contribution is 7.15. The topological polar surface area (TPSA) is 93.7 Å². The van der Waals surface area contributed by atoms with E-state index in [1.54, 1.807) is 16.0 Å². The molecular weight excluding hydrogens is 480 g/mol. The Bertz CT molecular complexity index is 1570. The van der Waals surface area contributed by atoms with Gasteiger partial charge in [0.2, 0.25) is 0 Å². The Hall–Kier alpha value is -4.31. The number of anilines is 2. The minimum atomic E-state index is -0.876. The van der Waals surface area contributed by atoms with E-state index in [-0.39, 0.29) is 0 Å². The third kappa shape index (κ3) is 4.89. The number of rotatable bonds is 8. The number of nitrogens with one attached hydrogen (secondary N) is 2. The van der Waals surface area contributed by atoms with E-state index in [2.05, 4.69) is 44.4 Å². The van der Waals surface area contributed by atoms with Crippen molar-refractivity contribution in [2.24, 2.45) is 7.05 Å². The van der Waals surface area contributed by atoms with Crippen LogP contribution in [0.3, 0.4) is 0 Å². The molecule has 0 aliphatic heterocycles. The number of nitrogen functional groups attached to an aromatic ring is 1. The third-order valence-corrected chi connectivity index (χ3v) is 6.82. The maximum Gasteiger partial charge on any atom is 0.159 e. The molecule has 0 bridgehead atoms. The molecule has 36 heavy (non-hydrogen) atoms. The van der Waals surface area contributed by atoms with E-state index in [0.29, 0.717) is 36.0 Å². The number of halogens is 2. The number of thiophene rings is 1. The van der Waals surface area contributed by atoms with Crippen LogP contribution in [0.2, 0.25) is 0 Å². The number of hydrogen-bond donors (Lipinski definition) is 3. The second kappa shape index (κ2) is 9.74. The number of aryl methyl sites for hydroxylation is 1. The summed E-state index contributed by atoms with van der Waals surface area (Å²) < 4.78 is 28.4. The van der Waals surface area contributed by atoms with Gasteiger partial charge in [-0.3, -0.25) is 4.68 Å². The first-order valence-electron chi connectivity index (χ1n) is 11.1.